The Labute approximate surface area is 154 Å². The van der Waals surface area contributed by atoms with Crippen LogP contribution in [0.1, 0.15) is 51.0 Å². The number of benzene rings is 1. The molecule has 0 spiro atoms. The van der Waals surface area contributed by atoms with Gasteiger partial charge in [0.15, 0.2) is 0 Å². The fourth-order valence-electron chi connectivity index (χ4n) is 3.61. The molecule has 2 saturated carbocycles. The molecular formula is C19H26Cl2N2O. The van der Waals surface area contributed by atoms with E-state index in [9.17, 15) is 4.79 Å². The molecule has 2 fully saturated rings. The number of anilines is 1. The summed E-state index contributed by atoms with van der Waals surface area (Å²) in [5.74, 6) is -0.0970. The summed E-state index contributed by atoms with van der Waals surface area (Å²) in [4.78, 5) is 15.0. The number of para-hydroxylation sites is 1. The number of halogens is 2. The third kappa shape index (κ3) is 3.58. The summed E-state index contributed by atoms with van der Waals surface area (Å²) in [6, 6.07) is 8.65. The average molecular weight is 369 g/mol. The second-order valence-corrected chi connectivity index (χ2v) is 9.02. The summed E-state index contributed by atoms with van der Waals surface area (Å²) in [6.07, 6.45) is 7.03. The van der Waals surface area contributed by atoms with Crippen molar-refractivity contribution in [2.24, 2.45) is 5.41 Å². The van der Waals surface area contributed by atoms with Gasteiger partial charge in [0.05, 0.1) is 5.41 Å². The first-order valence-corrected chi connectivity index (χ1v) is 9.56. The lowest BCUT2D eigenvalue weighted by atomic mass is 9.94. The molecule has 0 aromatic heterocycles. The Kier molecular flexibility index (Phi) is 5.15. The minimum atomic E-state index is -0.940. The molecule has 1 N–H and O–H groups in total. The van der Waals surface area contributed by atoms with Crippen LogP contribution in [0.5, 0.6) is 0 Å². The smallest absolute Gasteiger partial charge is 0.233 e. The van der Waals surface area contributed by atoms with E-state index in [0.717, 1.165) is 17.8 Å². The van der Waals surface area contributed by atoms with Gasteiger partial charge in [-0.05, 0) is 44.9 Å². The van der Waals surface area contributed by atoms with Crippen molar-refractivity contribution < 1.29 is 4.79 Å². The minimum absolute atomic E-state index is 0.0970. The van der Waals surface area contributed by atoms with Gasteiger partial charge in [-0.1, -0.05) is 37.5 Å². The lowest BCUT2D eigenvalue weighted by molar-refractivity contribution is -0.120. The summed E-state index contributed by atoms with van der Waals surface area (Å²) in [5, 5.41) is 3.04. The number of rotatable bonds is 5. The van der Waals surface area contributed by atoms with Gasteiger partial charge in [0.25, 0.3) is 0 Å². The molecule has 24 heavy (non-hydrogen) atoms. The van der Waals surface area contributed by atoms with Gasteiger partial charge in [0.2, 0.25) is 5.91 Å². The average Bonchev–Trinajstić information content (AvgIpc) is 3.09. The van der Waals surface area contributed by atoms with E-state index in [1.54, 1.807) is 0 Å². The van der Waals surface area contributed by atoms with Crippen LogP contribution < -0.4 is 5.32 Å². The van der Waals surface area contributed by atoms with Crippen molar-refractivity contribution in [3.8, 4) is 0 Å². The van der Waals surface area contributed by atoms with Crippen LogP contribution in [-0.4, -0.2) is 28.2 Å². The predicted molar refractivity (Wildman–Crippen MR) is 101 cm³/mol. The quantitative estimate of drug-likeness (QED) is 0.743. The fourth-order valence-corrected chi connectivity index (χ4v) is 4.31. The zero-order valence-corrected chi connectivity index (χ0v) is 16.0. The summed E-state index contributed by atoms with van der Waals surface area (Å²) in [6.45, 7) is 2.66. The molecule has 0 heterocycles. The van der Waals surface area contributed by atoms with Crippen molar-refractivity contribution >= 4 is 34.8 Å². The van der Waals surface area contributed by atoms with Crippen molar-refractivity contribution in [2.75, 3.05) is 12.4 Å². The van der Waals surface area contributed by atoms with Crippen molar-refractivity contribution in [3.05, 3.63) is 29.8 Å². The molecule has 0 bridgehead atoms. The van der Waals surface area contributed by atoms with E-state index in [2.05, 4.69) is 23.3 Å². The van der Waals surface area contributed by atoms with Crippen molar-refractivity contribution in [1.29, 1.82) is 0 Å². The van der Waals surface area contributed by atoms with Crippen LogP contribution in [0.2, 0.25) is 0 Å². The van der Waals surface area contributed by atoms with E-state index in [1.807, 2.05) is 25.1 Å². The molecule has 3 rings (SSSR count). The first kappa shape index (κ1) is 18.0. The van der Waals surface area contributed by atoms with Crippen LogP contribution >= 0.6 is 23.2 Å². The third-order valence-electron chi connectivity index (χ3n) is 5.64. The highest BCUT2D eigenvalue weighted by atomic mass is 35.5. The standard InChI is InChI=1S/C19H26Cl2N2O/c1-18(13-19(18,20)21)17(24)22-16-11-7-6-8-14(16)12-23(2)15-9-4-3-5-10-15/h6-8,11,15H,3-5,9-10,12-13H2,1-2H3,(H,22,24). The van der Waals surface area contributed by atoms with Crippen molar-refractivity contribution in [2.45, 2.75) is 62.4 Å². The Bertz CT molecular complexity index is 613. The van der Waals surface area contributed by atoms with Gasteiger partial charge in [0, 0.05) is 18.3 Å². The number of nitrogens with one attached hydrogen (secondary N) is 1. The van der Waals surface area contributed by atoms with Crippen LogP contribution in [0, 0.1) is 5.41 Å². The lowest BCUT2D eigenvalue weighted by Crippen LogP contribution is -2.33. The van der Waals surface area contributed by atoms with Gasteiger partial charge < -0.3 is 5.32 Å². The topological polar surface area (TPSA) is 32.3 Å². The van der Waals surface area contributed by atoms with Gasteiger partial charge in [-0.2, -0.15) is 0 Å². The Hall–Kier alpha value is -0.770. The SMILES string of the molecule is CN(Cc1ccccc1NC(=O)C1(C)CC1(Cl)Cl)C1CCCCC1. The Balaban J connectivity index is 1.68. The number of nitrogens with zero attached hydrogens (tertiary/aromatic N) is 1. The highest BCUT2D eigenvalue weighted by Gasteiger charge is 2.67. The van der Waals surface area contributed by atoms with E-state index in [0.29, 0.717) is 12.5 Å². The van der Waals surface area contributed by atoms with Crippen LogP contribution in [0.15, 0.2) is 24.3 Å². The molecule has 2 aliphatic carbocycles. The number of hydrogen-bond acceptors (Lipinski definition) is 2. The van der Waals surface area contributed by atoms with Crippen LogP contribution in [0.4, 0.5) is 5.69 Å². The zero-order chi connectivity index (χ0) is 17.4. The Morgan fingerprint density at radius 2 is 1.88 bits per heavy atom. The van der Waals surface area contributed by atoms with Gasteiger partial charge in [-0.25, -0.2) is 0 Å². The number of carbonyl (C=O) groups is 1. The number of carbonyl (C=O) groups excluding carboxylic acids is 1. The number of amides is 1. The molecule has 5 heteroatoms. The second-order valence-electron chi connectivity index (χ2n) is 7.53. The van der Waals surface area contributed by atoms with Gasteiger partial charge >= 0.3 is 0 Å². The lowest BCUT2D eigenvalue weighted by Gasteiger charge is -2.31. The van der Waals surface area contributed by atoms with E-state index in [4.69, 9.17) is 23.2 Å². The Morgan fingerprint density at radius 3 is 2.50 bits per heavy atom. The largest absolute Gasteiger partial charge is 0.325 e. The van der Waals surface area contributed by atoms with Crippen molar-refractivity contribution in [3.63, 3.8) is 0 Å². The molecule has 2 aliphatic rings. The van der Waals surface area contributed by atoms with E-state index in [-0.39, 0.29) is 5.91 Å². The summed E-state index contributed by atoms with van der Waals surface area (Å²) in [7, 11) is 2.18. The molecule has 1 aromatic rings. The van der Waals surface area contributed by atoms with Crippen LogP contribution in [0.3, 0.4) is 0 Å². The molecule has 1 atom stereocenters. The van der Waals surface area contributed by atoms with E-state index in [1.165, 1.54) is 32.1 Å². The fraction of sp³-hybridized carbons (Fsp3) is 0.632. The maximum atomic E-state index is 12.6. The normalized spacial score (nSPS) is 26.4. The monoisotopic (exact) mass is 368 g/mol. The minimum Gasteiger partial charge on any atom is -0.325 e. The summed E-state index contributed by atoms with van der Waals surface area (Å²) < 4.78 is -0.940. The molecule has 1 unspecified atom stereocenters. The predicted octanol–water partition coefficient (Wildman–Crippen LogP) is 4.97. The van der Waals surface area contributed by atoms with Crippen LogP contribution in [-0.2, 0) is 11.3 Å². The molecule has 0 saturated heterocycles. The first-order valence-electron chi connectivity index (χ1n) is 8.81. The summed E-state index contributed by atoms with van der Waals surface area (Å²) >= 11 is 12.3. The molecule has 1 aromatic carbocycles. The molecule has 3 nitrogen and oxygen atoms in total. The maximum Gasteiger partial charge on any atom is 0.233 e. The zero-order valence-electron chi connectivity index (χ0n) is 14.4. The van der Waals surface area contributed by atoms with Gasteiger partial charge in [-0.15, -0.1) is 23.2 Å². The molecule has 0 aliphatic heterocycles. The molecule has 0 radical (unpaired) electrons. The molecule has 1 amide bonds. The third-order valence-corrected chi connectivity index (χ3v) is 6.74. The highest BCUT2D eigenvalue weighted by Crippen LogP contribution is 2.64. The van der Waals surface area contributed by atoms with Gasteiger partial charge in [0.1, 0.15) is 4.33 Å². The van der Waals surface area contributed by atoms with Crippen molar-refractivity contribution in [1.82, 2.24) is 4.90 Å². The van der Waals surface area contributed by atoms with E-state index >= 15 is 0 Å². The summed E-state index contributed by atoms with van der Waals surface area (Å²) in [5.41, 5.74) is 1.30. The number of hydrogen-bond donors (Lipinski definition) is 1. The maximum absolute atomic E-state index is 12.6. The van der Waals surface area contributed by atoms with E-state index < -0.39 is 9.75 Å². The Morgan fingerprint density at radius 1 is 1.25 bits per heavy atom. The highest BCUT2D eigenvalue weighted by molar-refractivity contribution is 6.53. The van der Waals surface area contributed by atoms with Gasteiger partial charge in [-0.3, -0.25) is 9.69 Å². The first-order chi connectivity index (χ1) is 11.3. The second kappa shape index (κ2) is 6.86. The molecule has 132 valence electrons. The molecular weight excluding hydrogens is 343 g/mol. The number of alkyl halides is 2. The van der Waals surface area contributed by atoms with Crippen LogP contribution in [0.25, 0.3) is 0 Å².